The minimum Gasteiger partial charge on any atom is -0.453 e. The number of hydrogen-bond donors (Lipinski definition) is 2. The molecule has 2 amide bonds. The molecule has 3 fully saturated rings. The van der Waals surface area contributed by atoms with Crippen molar-refractivity contribution in [1.29, 1.82) is 0 Å². The Hall–Kier alpha value is -4.85. The van der Waals surface area contributed by atoms with E-state index in [1.165, 1.54) is 5.56 Å². The number of carbonyl (C=O) groups is 2. The van der Waals surface area contributed by atoms with Crippen LogP contribution in [0, 0.1) is 12.8 Å². The summed E-state index contributed by atoms with van der Waals surface area (Å²) in [4.78, 5) is 48.5. The predicted molar refractivity (Wildman–Crippen MR) is 203 cm³/mol. The normalized spacial score (nSPS) is 20.6. The van der Waals surface area contributed by atoms with Crippen molar-refractivity contribution in [3.05, 3.63) is 77.0 Å². The topological polar surface area (TPSA) is 137 Å². The molecule has 2 atom stereocenters. The number of aromatic nitrogens is 6. The number of hydrogen-bond acceptors (Lipinski definition) is 10. The number of piperidine rings is 2. The summed E-state index contributed by atoms with van der Waals surface area (Å²) in [7, 11) is 1.88. The fraction of sp³-hybridized carbons (Fsp3) is 0.436. The second-order valence-electron chi connectivity index (χ2n) is 14.8. The lowest BCUT2D eigenvalue weighted by molar-refractivity contribution is -0.134. The molecule has 13 nitrogen and oxygen atoms in total. The van der Waals surface area contributed by atoms with Gasteiger partial charge in [0.25, 0.3) is 0 Å². The molecule has 8 rings (SSSR count). The molecule has 0 spiro atoms. The van der Waals surface area contributed by atoms with E-state index < -0.39 is 0 Å². The summed E-state index contributed by atoms with van der Waals surface area (Å²) >= 11 is 6.57. The molecule has 1 aromatic carbocycles. The molecule has 4 aromatic heterocycles. The summed E-state index contributed by atoms with van der Waals surface area (Å²) in [5, 5.41) is 7.31. The molecule has 0 aliphatic carbocycles. The van der Waals surface area contributed by atoms with Crippen molar-refractivity contribution < 1.29 is 14.3 Å². The highest BCUT2D eigenvalue weighted by molar-refractivity contribution is 6.32. The van der Waals surface area contributed by atoms with Crippen LogP contribution in [0.1, 0.15) is 55.3 Å². The Morgan fingerprint density at radius 3 is 2.57 bits per heavy atom. The number of halogens is 1. The maximum absolute atomic E-state index is 12.4. The molecule has 5 aromatic rings. The third kappa shape index (κ3) is 7.64. The molecule has 53 heavy (non-hydrogen) atoms. The Morgan fingerprint density at radius 2 is 1.83 bits per heavy atom. The van der Waals surface area contributed by atoms with Gasteiger partial charge in [-0.25, -0.2) is 9.97 Å². The summed E-state index contributed by atoms with van der Waals surface area (Å²) in [5.41, 5.74) is 6.14. The van der Waals surface area contributed by atoms with E-state index in [2.05, 4.69) is 70.2 Å². The number of nitrogens with zero attached hydrogens (tertiary/aromatic N) is 8. The van der Waals surface area contributed by atoms with Crippen LogP contribution < -0.4 is 15.0 Å². The van der Waals surface area contributed by atoms with Crippen LogP contribution in [-0.2, 0) is 23.2 Å². The molecule has 0 radical (unpaired) electrons. The van der Waals surface area contributed by atoms with Gasteiger partial charge in [0.15, 0.2) is 11.4 Å². The van der Waals surface area contributed by atoms with Crippen molar-refractivity contribution in [3.8, 4) is 22.9 Å². The second-order valence-corrected chi connectivity index (χ2v) is 15.2. The van der Waals surface area contributed by atoms with Crippen LogP contribution >= 0.6 is 11.6 Å². The molecule has 0 unspecified atom stereocenters. The Balaban J connectivity index is 0.821. The molecule has 0 saturated carbocycles. The average molecular weight is 737 g/mol. The quantitative estimate of drug-likeness (QED) is 0.188. The number of fused-ring (bicyclic) bond motifs is 1. The molecular weight excluding hydrogens is 692 g/mol. The Kier molecular flexibility index (Phi) is 9.88. The number of amides is 2. The lowest BCUT2D eigenvalue weighted by Gasteiger charge is -2.43. The van der Waals surface area contributed by atoms with E-state index in [-0.39, 0.29) is 17.7 Å². The number of aryl methyl sites for hydroxylation is 2. The van der Waals surface area contributed by atoms with Crippen LogP contribution in [0.2, 0.25) is 5.02 Å². The average Bonchev–Trinajstić information content (AvgIpc) is 3.73. The van der Waals surface area contributed by atoms with Crippen molar-refractivity contribution in [1.82, 2.24) is 44.8 Å². The first-order valence-corrected chi connectivity index (χ1v) is 18.9. The number of ether oxygens (including phenoxy) is 1. The zero-order valence-electron chi connectivity index (χ0n) is 30.4. The van der Waals surface area contributed by atoms with E-state index in [1.807, 2.05) is 38.5 Å². The molecule has 276 valence electrons. The first kappa shape index (κ1) is 35.2. The van der Waals surface area contributed by atoms with E-state index in [0.717, 1.165) is 81.2 Å². The molecule has 3 saturated heterocycles. The van der Waals surface area contributed by atoms with Crippen molar-refractivity contribution in [2.75, 3.05) is 44.2 Å². The zero-order valence-corrected chi connectivity index (χ0v) is 31.1. The predicted octanol–water partition coefficient (Wildman–Crippen LogP) is 5.45. The lowest BCUT2D eigenvalue weighted by Crippen LogP contribution is -2.53. The fourth-order valence-electron chi connectivity index (χ4n) is 8.02. The van der Waals surface area contributed by atoms with Gasteiger partial charge in [0.1, 0.15) is 22.1 Å². The van der Waals surface area contributed by atoms with Gasteiger partial charge in [0, 0.05) is 77.7 Å². The highest BCUT2D eigenvalue weighted by Crippen LogP contribution is 2.36. The number of imidazole rings is 1. The van der Waals surface area contributed by atoms with Crippen molar-refractivity contribution in [3.63, 3.8) is 0 Å². The molecular formula is C39H45ClN10O3. The minimum absolute atomic E-state index is 0.192. The van der Waals surface area contributed by atoms with Crippen LogP contribution in [0.4, 0.5) is 5.69 Å². The SMILES string of the molecule is Cc1nn(C)cc1-c1nc2ncc(Cl)c(Oc3ccc(CN4CCN(CC5CCN(c6cncc([C@H]7CCC(=O)NC7=O)c6)CC5)[C@H](C)C4)cc3)c2[nH]1. The Morgan fingerprint density at radius 1 is 1.02 bits per heavy atom. The number of nitrogens with one attached hydrogen (secondary N) is 2. The maximum Gasteiger partial charge on any atom is 0.234 e. The third-order valence-electron chi connectivity index (χ3n) is 11.0. The van der Waals surface area contributed by atoms with Crippen LogP contribution in [0.15, 0.2) is 55.1 Å². The maximum atomic E-state index is 12.4. The van der Waals surface area contributed by atoms with Gasteiger partial charge >= 0.3 is 0 Å². The lowest BCUT2D eigenvalue weighted by atomic mass is 9.91. The van der Waals surface area contributed by atoms with Gasteiger partial charge in [-0.2, -0.15) is 5.10 Å². The van der Waals surface area contributed by atoms with E-state index in [4.69, 9.17) is 16.3 Å². The van der Waals surface area contributed by atoms with Crippen molar-refractivity contribution >= 4 is 40.3 Å². The van der Waals surface area contributed by atoms with Gasteiger partial charge in [-0.15, -0.1) is 0 Å². The molecule has 14 heteroatoms. The van der Waals surface area contributed by atoms with Crippen LogP contribution in [-0.4, -0.2) is 96.6 Å². The zero-order chi connectivity index (χ0) is 36.6. The van der Waals surface area contributed by atoms with Gasteiger partial charge in [-0.3, -0.25) is 34.4 Å². The standard InChI is InChI=1S/C39H45ClN10O3/c1-24-20-48(14-15-50(24)22-27-10-12-49(13-11-27)29-16-28(17-41-18-29)31-8-9-34(51)43-39(31)52)21-26-4-6-30(7-5-26)53-36-33(40)19-42-38-35(36)44-37(45-38)32-23-47(3)46-25(32)2/h4-7,16-19,23-24,27,31H,8-15,20-22H2,1-3H3,(H,42,44,45)(H,43,51,52)/t24-,31-/m1/s1. The summed E-state index contributed by atoms with van der Waals surface area (Å²) in [6.07, 6.45) is 10.3. The molecule has 7 heterocycles. The summed E-state index contributed by atoms with van der Waals surface area (Å²) < 4.78 is 8.07. The monoisotopic (exact) mass is 736 g/mol. The Labute approximate surface area is 313 Å². The largest absolute Gasteiger partial charge is 0.453 e. The molecule has 0 bridgehead atoms. The smallest absolute Gasteiger partial charge is 0.234 e. The van der Waals surface area contributed by atoms with Crippen molar-refractivity contribution in [2.45, 2.75) is 58.0 Å². The second kappa shape index (κ2) is 14.9. The highest BCUT2D eigenvalue weighted by Gasteiger charge is 2.31. The number of benzene rings is 1. The Bertz CT molecular complexity index is 2120. The highest BCUT2D eigenvalue weighted by atomic mass is 35.5. The van der Waals surface area contributed by atoms with Gasteiger partial charge < -0.3 is 14.6 Å². The number of imide groups is 1. The summed E-state index contributed by atoms with van der Waals surface area (Å²) in [5.74, 6) is 1.80. The fourth-order valence-corrected chi connectivity index (χ4v) is 8.20. The first-order chi connectivity index (χ1) is 25.7. The number of anilines is 1. The van der Waals surface area contributed by atoms with Crippen molar-refractivity contribution in [2.24, 2.45) is 13.0 Å². The van der Waals surface area contributed by atoms with E-state index in [1.54, 1.807) is 17.1 Å². The summed E-state index contributed by atoms with van der Waals surface area (Å²) in [6, 6.07) is 10.8. The number of rotatable bonds is 9. The molecule has 3 aliphatic rings. The van der Waals surface area contributed by atoms with E-state index in [9.17, 15) is 9.59 Å². The third-order valence-corrected chi connectivity index (χ3v) is 11.2. The number of aromatic amines is 1. The number of piperazine rings is 1. The van der Waals surface area contributed by atoms with E-state index in [0.29, 0.717) is 58.3 Å². The van der Waals surface area contributed by atoms with Crippen LogP contribution in [0.25, 0.3) is 22.6 Å². The van der Waals surface area contributed by atoms with Gasteiger partial charge in [0.05, 0.1) is 35.3 Å². The van der Waals surface area contributed by atoms with Gasteiger partial charge in [0.2, 0.25) is 11.8 Å². The van der Waals surface area contributed by atoms with E-state index >= 15 is 0 Å². The number of pyridine rings is 2. The molecule has 3 aliphatic heterocycles. The number of carbonyl (C=O) groups excluding carboxylic acids is 2. The van der Waals surface area contributed by atoms with Crippen LogP contribution in [0.5, 0.6) is 11.5 Å². The minimum atomic E-state index is -0.310. The first-order valence-electron chi connectivity index (χ1n) is 18.5. The molecule has 2 N–H and O–H groups in total. The number of H-pyrrole nitrogens is 1. The van der Waals surface area contributed by atoms with Gasteiger partial charge in [-0.05, 0) is 68.4 Å². The summed E-state index contributed by atoms with van der Waals surface area (Å²) in [6.45, 7) is 11.4. The van der Waals surface area contributed by atoms with Crippen LogP contribution in [0.3, 0.4) is 0 Å². The van der Waals surface area contributed by atoms with Gasteiger partial charge in [-0.1, -0.05) is 23.7 Å².